The van der Waals surface area contributed by atoms with Crippen molar-refractivity contribution in [2.45, 2.75) is 82.1 Å². The van der Waals surface area contributed by atoms with E-state index in [1.54, 1.807) is 4.90 Å². The number of piperidine rings is 1. The zero-order valence-corrected chi connectivity index (χ0v) is 24.5. The van der Waals surface area contributed by atoms with Gasteiger partial charge in [0.15, 0.2) is 0 Å². The summed E-state index contributed by atoms with van der Waals surface area (Å²) in [4.78, 5) is 50.4. The smallest absolute Gasteiger partial charge is 0.280 e. The van der Waals surface area contributed by atoms with Crippen molar-refractivity contribution < 1.29 is 24.2 Å². The molecule has 7 atom stereocenters. The van der Waals surface area contributed by atoms with Crippen LogP contribution < -0.4 is 5.32 Å². The molecule has 1 aliphatic carbocycles. The molecule has 44 heavy (non-hydrogen) atoms. The number of piperazine rings is 1. The van der Waals surface area contributed by atoms with E-state index < -0.39 is 29.6 Å². The molecule has 232 valence electrons. The standard InChI is InChI=1S/C33H37N5O5.CH4/c1-32(35-29(39)21-15-23-22-10-6-11-24-28(22)20(17-34-24)16-25(23)36(2)18-21)31(41)38-26(14-19-8-4-3-5-9-19)30(40)37-13-7-12-27(37)33(38,42)43-32;/h3-6,8-11,17,21,23,25-27,34,42H,7,12-16,18H2,1-2H3,(H,35,39);1H4/t21-,23-,25-,26+,27+,32-,33+;/m1./s1. The van der Waals surface area contributed by atoms with E-state index in [4.69, 9.17) is 4.74 Å². The zero-order chi connectivity index (χ0) is 29.7. The second-order valence-corrected chi connectivity index (χ2v) is 13.2. The molecular weight excluding hydrogens is 558 g/mol. The van der Waals surface area contributed by atoms with Crippen LogP contribution in [0.1, 0.15) is 56.2 Å². The Morgan fingerprint density at radius 3 is 2.75 bits per heavy atom. The number of likely N-dealkylation sites (tertiary alicyclic amines) is 1. The lowest BCUT2D eigenvalue weighted by Crippen LogP contribution is -2.71. The molecule has 4 fully saturated rings. The molecule has 1 aromatic heterocycles. The molecule has 10 heteroatoms. The molecule has 0 spiro atoms. The van der Waals surface area contributed by atoms with Crippen molar-refractivity contribution in [3.63, 3.8) is 0 Å². The quantitative estimate of drug-likeness (QED) is 0.425. The van der Waals surface area contributed by atoms with E-state index in [-0.39, 0.29) is 43.5 Å². The van der Waals surface area contributed by atoms with Gasteiger partial charge in [0.25, 0.3) is 11.8 Å². The van der Waals surface area contributed by atoms with Crippen LogP contribution in [0.2, 0.25) is 0 Å². The number of nitrogens with zero attached hydrogens (tertiary/aromatic N) is 3. The van der Waals surface area contributed by atoms with E-state index in [9.17, 15) is 19.5 Å². The van der Waals surface area contributed by atoms with Gasteiger partial charge >= 0.3 is 0 Å². The minimum absolute atomic E-state index is 0. The Labute approximate surface area is 257 Å². The number of aromatic amines is 1. The average molecular weight is 600 g/mol. The molecule has 5 heterocycles. The number of rotatable bonds is 4. The molecule has 0 bridgehead atoms. The highest BCUT2D eigenvalue weighted by atomic mass is 16.7. The number of H-pyrrole nitrogens is 1. The predicted molar refractivity (Wildman–Crippen MR) is 164 cm³/mol. The number of ether oxygens (including phenoxy) is 1. The summed E-state index contributed by atoms with van der Waals surface area (Å²) in [5.74, 6) is -3.31. The molecule has 4 saturated heterocycles. The summed E-state index contributed by atoms with van der Waals surface area (Å²) in [7, 11) is 2.06. The number of benzene rings is 2. The maximum Gasteiger partial charge on any atom is 0.280 e. The molecule has 3 amide bonds. The van der Waals surface area contributed by atoms with E-state index in [2.05, 4.69) is 46.6 Å². The molecule has 0 unspecified atom stereocenters. The van der Waals surface area contributed by atoms with Gasteiger partial charge in [0.2, 0.25) is 17.5 Å². The van der Waals surface area contributed by atoms with Gasteiger partial charge in [-0.2, -0.15) is 0 Å². The number of aliphatic hydroxyl groups is 1. The Hall–Kier alpha value is -3.73. The first-order valence-electron chi connectivity index (χ1n) is 15.4. The van der Waals surface area contributed by atoms with Crippen LogP contribution in [0.4, 0.5) is 0 Å². The molecule has 3 N–H and O–H groups in total. The maximum atomic E-state index is 14.2. The summed E-state index contributed by atoms with van der Waals surface area (Å²) in [6, 6.07) is 14.4. The first-order chi connectivity index (χ1) is 20.7. The van der Waals surface area contributed by atoms with Gasteiger partial charge in [-0.1, -0.05) is 49.9 Å². The van der Waals surface area contributed by atoms with Gasteiger partial charge in [0.1, 0.15) is 12.1 Å². The third-order valence-electron chi connectivity index (χ3n) is 10.6. The van der Waals surface area contributed by atoms with Crippen LogP contribution in [0.25, 0.3) is 10.9 Å². The van der Waals surface area contributed by atoms with E-state index >= 15 is 0 Å². The molecule has 5 aliphatic rings. The highest BCUT2D eigenvalue weighted by Crippen LogP contribution is 2.47. The number of nitrogens with one attached hydrogen (secondary N) is 2. The lowest BCUT2D eigenvalue weighted by atomic mass is 9.72. The predicted octanol–water partition coefficient (Wildman–Crippen LogP) is 2.72. The third-order valence-corrected chi connectivity index (χ3v) is 10.6. The van der Waals surface area contributed by atoms with Gasteiger partial charge < -0.3 is 25.2 Å². The fraction of sp³-hybridized carbons (Fsp3) is 0.500. The number of likely N-dealkylation sites (N-methyl/N-ethyl adjacent to an activating group) is 1. The van der Waals surface area contributed by atoms with Crippen LogP contribution in [0.15, 0.2) is 54.7 Å². The first kappa shape index (κ1) is 29.0. The SMILES string of the molecule is C.CN1C[C@H](C(=O)N[C@]2(C)O[C@@]3(O)[C@@H]4CCCN4C(=O)[C@H](Cc4ccccc4)N3C2=O)C[C@@H]2c3cccc4[nH]cc(c34)C[C@H]21. The highest BCUT2D eigenvalue weighted by molar-refractivity contribution is 5.97. The summed E-state index contributed by atoms with van der Waals surface area (Å²) in [5, 5.41) is 16.2. The van der Waals surface area contributed by atoms with E-state index in [0.717, 1.165) is 17.5 Å². The Balaban J connectivity index is 0.00000312. The number of aromatic nitrogens is 1. The Bertz CT molecular complexity index is 1640. The van der Waals surface area contributed by atoms with Crippen molar-refractivity contribution in [1.82, 2.24) is 25.0 Å². The van der Waals surface area contributed by atoms with E-state index in [0.29, 0.717) is 32.4 Å². The molecule has 10 nitrogen and oxygen atoms in total. The minimum atomic E-state index is -2.03. The molecule has 0 radical (unpaired) electrons. The number of hydrogen-bond acceptors (Lipinski definition) is 6. The van der Waals surface area contributed by atoms with Gasteiger partial charge in [0.05, 0.1) is 5.92 Å². The van der Waals surface area contributed by atoms with Gasteiger partial charge in [-0.15, -0.1) is 0 Å². The maximum absolute atomic E-state index is 14.2. The molecule has 2 aromatic carbocycles. The van der Waals surface area contributed by atoms with Crippen molar-refractivity contribution in [3.05, 3.63) is 71.4 Å². The fourth-order valence-corrected chi connectivity index (χ4v) is 8.65. The number of hydrogen-bond donors (Lipinski definition) is 3. The van der Waals surface area contributed by atoms with Crippen molar-refractivity contribution in [2.24, 2.45) is 5.92 Å². The van der Waals surface area contributed by atoms with Gasteiger partial charge in [-0.3, -0.25) is 24.0 Å². The van der Waals surface area contributed by atoms with Crippen molar-refractivity contribution in [1.29, 1.82) is 0 Å². The number of fused-ring (bicyclic) bond motifs is 5. The highest BCUT2D eigenvalue weighted by Gasteiger charge is 2.70. The van der Waals surface area contributed by atoms with E-state index in [1.165, 1.54) is 28.3 Å². The molecule has 8 rings (SSSR count). The molecule has 0 saturated carbocycles. The molecular formula is C34H41N5O5. The lowest BCUT2D eigenvalue weighted by molar-refractivity contribution is -0.315. The molecule has 4 aliphatic heterocycles. The Morgan fingerprint density at radius 2 is 1.95 bits per heavy atom. The normalized spacial score (nSPS) is 34.4. The van der Waals surface area contributed by atoms with Gasteiger partial charge in [-0.05, 0) is 62.4 Å². The largest absolute Gasteiger partial charge is 0.361 e. The second-order valence-electron chi connectivity index (χ2n) is 13.2. The number of amides is 3. The summed E-state index contributed by atoms with van der Waals surface area (Å²) in [5.41, 5.74) is 2.74. The van der Waals surface area contributed by atoms with Gasteiger partial charge in [0, 0.05) is 48.6 Å². The van der Waals surface area contributed by atoms with Gasteiger partial charge in [-0.25, -0.2) is 0 Å². The Kier molecular flexibility index (Phi) is 6.69. The molecule has 3 aromatic rings. The number of carbonyl (C=O) groups excluding carboxylic acids is 3. The van der Waals surface area contributed by atoms with Crippen LogP contribution in [0, 0.1) is 5.92 Å². The summed E-state index contributed by atoms with van der Waals surface area (Å²) in [6.45, 7) is 2.56. The zero-order valence-electron chi connectivity index (χ0n) is 24.5. The van der Waals surface area contributed by atoms with Crippen LogP contribution >= 0.6 is 0 Å². The minimum Gasteiger partial charge on any atom is -0.361 e. The summed E-state index contributed by atoms with van der Waals surface area (Å²) in [6.07, 6.45) is 5.13. The Morgan fingerprint density at radius 1 is 1.16 bits per heavy atom. The fourth-order valence-electron chi connectivity index (χ4n) is 8.65. The second kappa shape index (κ2) is 10.2. The summed E-state index contributed by atoms with van der Waals surface area (Å²) >= 11 is 0. The lowest BCUT2D eigenvalue weighted by Gasteiger charge is -2.48. The van der Waals surface area contributed by atoms with E-state index in [1.807, 2.05) is 30.3 Å². The monoisotopic (exact) mass is 599 g/mol. The summed E-state index contributed by atoms with van der Waals surface area (Å²) < 4.78 is 6.25. The number of carbonyl (C=O) groups is 3. The van der Waals surface area contributed by atoms with Crippen LogP contribution in [0.3, 0.4) is 0 Å². The average Bonchev–Trinajstić information content (AvgIpc) is 3.70. The topological polar surface area (TPSA) is 118 Å². The van der Waals surface area contributed by atoms with Crippen LogP contribution in [-0.2, 0) is 32.0 Å². The van der Waals surface area contributed by atoms with Crippen molar-refractivity contribution >= 4 is 28.6 Å². The first-order valence-corrected chi connectivity index (χ1v) is 15.4. The van der Waals surface area contributed by atoms with Crippen molar-refractivity contribution in [3.8, 4) is 0 Å². The van der Waals surface area contributed by atoms with Crippen molar-refractivity contribution in [2.75, 3.05) is 20.1 Å². The van der Waals surface area contributed by atoms with Crippen LogP contribution in [-0.4, -0.2) is 92.4 Å². The van der Waals surface area contributed by atoms with Crippen LogP contribution in [0.5, 0.6) is 0 Å². The third kappa shape index (κ3) is 4.07.